The summed E-state index contributed by atoms with van der Waals surface area (Å²) in [6.07, 6.45) is 1.03. The van der Waals surface area contributed by atoms with Crippen LogP contribution in [0.25, 0.3) is 0 Å². The zero-order valence-electron chi connectivity index (χ0n) is 26.4. The Bertz CT molecular complexity index is 1920. The number of anilines is 3. The first-order valence-corrected chi connectivity index (χ1v) is 16.1. The normalized spacial score (nSPS) is 17.0. The minimum atomic E-state index is -0.0722. The van der Waals surface area contributed by atoms with E-state index in [1.165, 1.54) is 88.8 Å². The van der Waals surface area contributed by atoms with Crippen molar-refractivity contribution in [2.75, 3.05) is 4.90 Å². The standard InChI is InChI=1S/C40H37B2N/c1-8-25-21-30-38-31(22-25)42-29-16-12-10-14-27(29)40(6,7)35-24(3)18-20-33(37(35)42)43(38)32-19-17-23(2)34-36(32)41(30)28-15-11-9-13-26(28)39(34,4)5/h9-22H,8H2,1-7H3. The molecule has 0 saturated carbocycles. The number of hydrogen-bond acceptors (Lipinski definition) is 1. The molecule has 0 aromatic heterocycles. The van der Waals surface area contributed by atoms with Gasteiger partial charge in [0, 0.05) is 27.9 Å². The zero-order chi connectivity index (χ0) is 29.6. The average molecular weight is 553 g/mol. The fourth-order valence-electron chi connectivity index (χ4n) is 9.95. The molecule has 0 bridgehead atoms. The molecule has 5 aromatic carbocycles. The Morgan fingerprint density at radius 1 is 0.581 bits per heavy atom. The molecular formula is C40H37B2N. The van der Waals surface area contributed by atoms with Gasteiger partial charge in [0.25, 0.3) is 0 Å². The van der Waals surface area contributed by atoms with Gasteiger partial charge in [0.05, 0.1) is 0 Å². The van der Waals surface area contributed by atoms with Crippen molar-refractivity contribution < 1.29 is 0 Å². The van der Waals surface area contributed by atoms with Crippen LogP contribution in [0.15, 0.2) is 84.9 Å². The monoisotopic (exact) mass is 553 g/mol. The van der Waals surface area contributed by atoms with Crippen LogP contribution in [-0.2, 0) is 17.3 Å². The molecule has 0 fully saturated rings. The van der Waals surface area contributed by atoms with Crippen molar-refractivity contribution >= 4 is 63.3 Å². The molecule has 0 saturated heterocycles. The van der Waals surface area contributed by atoms with E-state index in [1.54, 1.807) is 0 Å². The van der Waals surface area contributed by atoms with Crippen LogP contribution >= 0.6 is 0 Å². The van der Waals surface area contributed by atoms with Gasteiger partial charge in [-0.1, -0.05) is 118 Å². The Labute approximate surface area is 257 Å². The maximum absolute atomic E-state index is 2.68. The lowest BCUT2D eigenvalue weighted by atomic mass is 9.26. The molecule has 0 N–H and O–H groups in total. The molecule has 0 atom stereocenters. The Morgan fingerprint density at radius 3 is 1.47 bits per heavy atom. The lowest BCUT2D eigenvalue weighted by molar-refractivity contribution is 0.640. The van der Waals surface area contributed by atoms with Gasteiger partial charge in [0.1, 0.15) is 0 Å². The average Bonchev–Trinajstić information content (AvgIpc) is 2.99. The lowest BCUT2D eigenvalue weighted by Crippen LogP contribution is -2.70. The first-order chi connectivity index (χ1) is 20.7. The summed E-state index contributed by atoms with van der Waals surface area (Å²) in [4.78, 5) is 2.68. The van der Waals surface area contributed by atoms with Crippen molar-refractivity contribution in [1.29, 1.82) is 0 Å². The molecule has 4 aliphatic heterocycles. The molecule has 4 aliphatic rings. The highest BCUT2D eigenvalue weighted by atomic mass is 15.2. The van der Waals surface area contributed by atoms with Crippen LogP contribution in [0.5, 0.6) is 0 Å². The van der Waals surface area contributed by atoms with E-state index < -0.39 is 0 Å². The Kier molecular flexibility index (Phi) is 4.83. The molecule has 43 heavy (non-hydrogen) atoms. The van der Waals surface area contributed by atoms with E-state index in [4.69, 9.17) is 0 Å². The summed E-state index contributed by atoms with van der Waals surface area (Å²) in [7, 11) is 0. The number of nitrogens with zero attached hydrogens (tertiary/aromatic N) is 1. The van der Waals surface area contributed by atoms with Crippen molar-refractivity contribution in [1.82, 2.24) is 0 Å². The number of hydrogen-bond donors (Lipinski definition) is 0. The van der Waals surface area contributed by atoms with Crippen LogP contribution < -0.4 is 37.7 Å². The third kappa shape index (κ3) is 2.92. The van der Waals surface area contributed by atoms with Crippen molar-refractivity contribution in [2.45, 2.75) is 65.7 Å². The highest BCUT2D eigenvalue weighted by Gasteiger charge is 2.52. The number of fused-ring (bicyclic) bond motifs is 8. The van der Waals surface area contributed by atoms with Gasteiger partial charge in [-0.25, -0.2) is 0 Å². The Balaban J connectivity index is 1.48. The van der Waals surface area contributed by atoms with Crippen LogP contribution in [0.1, 0.15) is 73.6 Å². The van der Waals surface area contributed by atoms with Gasteiger partial charge in [-0.05, 0) is 93.2 Å². The first-order valence-electron chi connectivity index (χ1n) is 16.1. The maximum Gasteiger partial charge on any atom is 0.247 e. The van der Waals surface area contributed by atoms with Gasteiger partial charge >= 0.3 is 0 Å². The highest BCUT2D eigenvalue weighted by molar-refractivity contribution is 7.03. The lowest BCUT2D eigenvalue weighted by Gasteiger charge is -2.51. The number of benzene rings is 5. The SMILES string of the molecule is CCc1cc2c3c(c1)B1c4ccccc4C(C)(C)c4c(C)ccc(c41)N3c1ccc(C)c3c1B2c1ccccc1C3(C)C. The van der Waals surface area contributed by atoms with Crippen LogP contribution in [-0.4, -0.2) is 13.4 Å². The Morgan fingerprint density at radius 2 is 1.02 bits per heavy atom. The second kappa shape index (κ2) is 8.14. The van der Waals surface area contributed by atoms with Gasteiger partial charge < -0.3 is 4.90 Å². The smallest absolute Gasteiger partial charge is 0.247 e. The molecule has 1 nitrogen and oxygen atoms in total. The van der Waals surface area contributed by atoms with Gasteiger partial charge in [-0.3, -0.25) is 0 Å². The van der Waals surface area contributed by atoms with Gasteiger partial charge in [0.2, 0.25) is 13.4 Å². The molecule has 0 spiro atoms. The van der Waals surface area contributed by atoms with E-state index in [-0.39, 0.29) is 24.3 Å². The summed E-state index contributed by atoms with van der Waals surface area (Å²) >= 11 is 0. The summed E-state index contributed by atoms with van der Waals surface area (Å²) in [6, 6.07) is 33.3. The fraction of sp³-hybridized carbons (Fsp3) is 0.250. The van der Waals surface area contributed by atoms with E-state index >= 15 is 0 Å². The molecule has 4 heterocycles. The van der Waals surface area contributed by atoms with Gasteiger partial charge in [0.15, 0.2) is 0 Å². The molecular weight excluding hydrogens is 516 g/mol. The first kappa shape index (κ1) is 25.5. The molecule has 0 unspecified atom stereocenters. The van der Waals surface area contributed by atoms with Gasteiger partial charge in [-0.15, -0.1) is 0 Å². The van der Waals surface area contributed by atoms with Crippen molar-refractivity contribution in [3.63, 3.8) is 0 Å². The predicted octanol–water partition coefficient (Wildman–Crippen LogP) is 5.27. The van der Waals surface area contributed by atoms with E-state index in [2.05, 4.69) is 138 Å². The zero-order valence-corrected chi connectivity index (χ0v) is 26.4. The maximum atomic E-state index is 2.68. The van der Waals surface area contributed by atoms with E-state index in [1.807, 2.05) is 0 Å². The fourth-order valence-corrected chi connectivity index (χ4v) is 9.95. The third-order valence-electron chi connectivity index (χ3n) is 11.5. The van der Waals surface area contributed by atoms with E-state index in [9.17, 15) is 0 Å². The summed E-state index contributed by atoms with van der Waals surface area (Å²) in [5.41, 5.74) is 23.1. The van der Waals surface area contributed by atoms with Crippen LogP contribution in [0.3, 0.4) is 0 Å². The third-order valence-corrected chi connectivity index (χ3v) is 11.5. The second-order valence-corrected chi connectivity index (χ2v) is 14.5. The van der Waals surface area contributed by atoms with E-state index in [0.29, 0.717) is 0 Å². The molecule has 0 amide bonds. The van der Waals surface area contributed by atoms with Crippen molar-refractivity contribution in [2.24, 2.45) is 0 Å². The molecule has 3 heteroatoms. The summed E-state index contributed by atoms with van der Waals surface area (Å²) in [5, 5.41) is 0. The van der Waals surface area contributed by atoms with Gasteiger partial charge in [-0.2, -0.15) is 0 Å². The minimum absolute atomic E-state index is 0.0722. The van der Waals surface area contributed by atoms with Crippen LogP contribution in [0.2, 0.25) is 0 Å². The summed E-state index contributed by atoms with van der Waals surface area (Å²) < 4.78 is 0. The van der Waals surface area contributed by atoms with Crippen LogP contribution in [0, 0.1) is 13.8 Å². The largest absolute Gasteiger partial charge is 0.313 e. The molecule has 9 rings (SSSR count). The minimum Gasteiger partial charge on any atom is -0.313 e. The second-order valence-electron chi connectivity index (χ2n) is 14.5. The van der Waals surface area contributed by atoms with E-state index in [0.717, 1.165) is 6.42 Å². The molecule has 0 radical (unpaired) electrons. The highest BCUT2D eigenvalue weighted by Crippen LogP contribution is 2.47. The quantitative estimate of drug-likeness (QED) is 0.251. The predicted molar refractivity (Wildman–Crippen MR) is 186 cm³/mol. The molecule has 0 aliphatic carbocycles. The Hall–Kier alpha value is -3.97. The summed E-state index contributed by atoms with van der Waals surface area (Å²) in [6.45, 7) is 17.2. The number of rotatable bonds is 1. The molecule has 5 aromatic rings. The summed E-state index contributed by atoms with van der Waals surface area (Å²) in [5.74, 6) is 0. The van der Waals surface area contributed by atoms with Crippen molar-refractivity contribution in [3.05, 3.63) is 124 Å². The number of aryl methyl sites for hydroxylation is 3. The topological polar surface area (TPSA) is 3.24 Å². The molecule has 208 valence electrons. The van der Waals surface area contributed by atoms with Crippen LogP contribution in [0.4, 0.5) is 17.1 Å². The van der Waals surface area contributed by atoms with Crippen molar-refractivity contribution in [3.8, 4) is 0 Å².